The zero-order valence-corrected chi connectivity index (χ0v) is 15.4. The highest BCUT2D eigenvalue weighted by molar-refractivity contribution is 6.32. The van der Waals surface area contributed by atoms with Gasteiger partial charge in [-0.25, -0.2) is 0 Å². The highest BCUT2D eigenvalue weighted by Gasteiger charge is 2.22. The van der Waals surface area contributed by atoms with Crippen molar-refractivity contribution in [3.63, 3.8) is 0 Å². The van der Waals surface area contributed by atoms with Gasteiger partial charge in [-0.3, -0.25) is 0 Å². The average Bonchev–Trinajstić information content (AvgIpc) is 2.40. The number of phenolic OH excluding ortho intramolecular Hbond substituents is 2. The number of phenols is 2. The Balaban J connectivity index is 2.74. The quantitative estimate of drug-likeness (QED) is 0.671. The van der Waals surface area contributed by atoms with E-state index in [2.05, 4.69) is 41.5 Å². The standard InChI is InChI=1S/C20H25ClO2/c1-19(2,3)12-7-8-17(22)14(9-12)15-10-13(20(4,5)6)11-16(21)18(15)23/h7-11,22-23H,1-6H3. The maximum Gasteiger partial charge on any atom is 0.142 e. The molecule has 0 aromatic heterocycles. The van der Waals surface area contributed by atoms with Crippen LogP contribution in [0.2, 0.25) is 5.02 Å². The first-order valence-corrected chi connectivity index (χ1v) is 8.16. The molecule has 0 spiro atoms. The van der Waals surface area contributed by atoms with E-state index >= 15 is 0 Å². The minimum absolute atomic E-state index is 0.000950. The molecule has 2 aromatic carbocycles. The van der Waals surface area contributed by atoms with E-state index in [0.29, 0.717) is 16.1 Å². The van der Waals surface area contributed by atoms with Gasteiger partial charge in [0.2, 0.25) is 0 Å². The molecule has 0 radical (unpaired) electrons. The van der Waals surface area contributed by atoms with E-state index in [-0.39, 0.29) is 22.3 Å². The second kappa shape index (κ2) is 5.76. The van der Waals surface area contributed by atoms with E-state index in [9.17, 15) is 10.2 Å². The van der Waals surface area contributed by atoms with Crippen molar-refractivity contribution in [2.75, 3.05) is 0 Å². The molecule has 0 aliphatic heterocycles. The lowest BCUT2D eigenvalue weighted by molar-refractivity contribution is 0.467. The molecule has 0 unspecified atom stereocenters. The Morgan fingerprint density at radius 2 is 1.26 bits per heavy atom. The minimum Gasteiger partial charge on any atom is -0.507 e. The fourth-order valence-electron chi connectivity index (χ4n) is 2.46. The lowest BCUT2D eigenvalue weighted by atomic mass is 9.83. The van der Waals surface area contributed by atoms with Crippen molar-refractivity contribution in [2.24, 2.45) is 0 Å². The van der Waals surface area contributed by atoms with Crippen molar-refractivity contribution in [3.8, 4) is 22.6 Å². The van der Waals surface area contributed by atoms with E-state index in [1.807, 2.05) is 18.2 Å². The average molecular weight is 333 g/mol. The maximum absolute atomic E-state index is 10.4. The van der Waals surface area contributed by atoms with E-state index in [0.717, 1.165) is 11.1 Å². The second-order valence-electron chi connectivity index (χ2n) is 8.09. The van der Waals surface area contributed by atoms with Gasteiger partial charge in [0.15, 0.2) is 0 Å². The number of rotatable bonds is 1. The summed E-state index contributed by atoms with van der Waals surface area (Å²) in [6.07, 6.45) is 0. The molecule has 0 aliphatic carbocycles. The van der Waals surface area contributed by atoms with Gasteiger partial charge in [-0.1, -0.05) is 59.2 Å². The number of hydrogen-bond acceptors (Lipinski definition) is 2. The third kappa shape index (κ3) is 3.64. The minimum atomic E-state index is -0.108. The Morgan fingerprint density at radius 3 is 1.78 bits per heavy atom. The van der Waals surface area contributed by atoms with E-state index < -0.39 is 0 Å². The predicted octanol–water partition coefficient (Wildman–Crippen LogP) is 6.01. The van der Waals surface area contributed by atoms with Crippen LogP contribution in [0.3, 0.4) is 0 Å². The van der Waals surface area contributed by atoms with Gasteiger partial charge in [-0.2, -0.15) is 0 Å². The monoisotopic (exact) mass is 332 g/mol. The first-order valence-electron chi connectivity index (χ1n) is 7.78. The van der Waals surface area contributed by atoms with Crippen molar-refractivity contribution in [1.82, 2.24) is 0 Å². The fourth-order valence-corrected chi connectivity index (χ4v) is 2.68. The molecular formula is C20H25ClO2. The van der Waals surface area contributed by atoms with Crippen molar-refractivity contribution in [2.45, 2.75) is 52.4 Å². The summed E-state index contributed by atoms with van der Waals surface area (Å²) in [7, 11) is 0. The molecule has 2 nitrogen and oxygen atoms in total. The Labute approximate surface area is 143 Å². The van der Waals surface area contributed by atoms with Crippen LogP contribution in [0.5, 0.6) is 11.5 Å². The van der Waals surface area contributed by atoms with E-state index in [1.54, 1.807) is 12.1 Å². The van der Waals surface area contributed by atoms with Crippen LogP contribution in [0.25, 0.3) is 11.1 Å². The summed E-state index contributed by atoms with van der Waals surface area (Å²) in [5.74, 6) is 0.136. The summed E-state index contributed by atoms with van der Waals surface area (Å²) in [4.78, 5) is 0. The number of aromatic hydroxyl groups is 2. The molecule has 0 fully saturated rings. The number of hydrogen-bond donors (Lipinski definition) is 2. The van der Waals surface area contributed by atoms with Crippen LogP contribution in [0.15, 0.2) is 30.3 Å². The van der Waals surface area contributed by atoms with Crippen molar-refractivity contribution < 1.29 is 10.2 Å². The summed E-state index contributed by atoms with van der Waals surface area (Å²) in [6.45, 7) is 12.6. The molecule has 2 aromatic rings. The molecule has 0 aliphatic rings. The van der Waals surface area contributed by atoms with Crippen LogP contribution < -0.4 is 0 Å². The molecular weight excluding hydrogens is 308 g/mol. The zero-order valence-electron chi connectivity index (χ0n) is 14.7. The molecule has 2 N–H and O–H groups in total. The van der Waals surface area contributed by atoms with E-state index in [4.69, 9.17) is 11.6 Å². The van der Waals surface area contributed by atoms with Gasteiger partial charge in [0.25, 0.3) is 0 Å². The second-order valence-corrected chi connectivity index (χ2v) is 8.49. The van der Waals surface area contributed by atoms with Gasteiger partial charge in [0.05, 0.1) is 5.02 Å². The normalized spacial score (nSPS) is 12.5. The van der Waals surface area contributed by atoms with Gasteiger partial charge in [0, 0.05) is 11.1 Å². The van der Waals surface area contributed by atoms with Gasteiger partial charge < -0.3 is 10.2 Å². The summed E-state index contributed by atoms with van der Waals surface area (Å²) >= 11 is 6.23. The van der Waals surface area contributed by atoms with Crippen LogP contribution in [0.1, 0.15) is 52.7 Å². The third-order valence-electron chi connectivity index (χ3n) is 4.08. The summed E-state index contributed by atoms with van der Waals surface area (Å²) < 4.78 is 0. The molecule has 0 heterocycles. The smallest absolute Gasteiger partial charge is 0.142 e. The Bertz CT molecular complexity index is 735. The predicted molar refractivity (Wildman–Crippen MR) is 97.6 cm³/mol. The molecule has 23 heavy (non-hydrogen) atoms. The molecule has 0 bridgehead atoms. The van der Waals surface area contributed by atoms with Crippen molar-refractivity contribution in [3.05, 3.63) is 46.5 Å². The Morgan fingerprint density at radius 1 is 0.739 bits per heavy atom. The highest BCUT2D eigenvalue weighted by Crippen LogP contribution is 2.43. The van der Waals surface area contributed by atoms with Crippen LogP contribution in [0.4, 0.5) is 0 Å². The zero-order chi connectivity index (χ0) is 17.6. The summed E-state index contributed by atoms with van der Waals surface area (Å²) in [5.41, 5.74) is 3.10. The third-order valence-corrected chi connectivity index (χ3v) is 4.37. The van der Waals surface area contributed by atoms with Gasteiger partial charge in [0.1, 0.15) is 11.5 Å². The number of benzene rings is 2. The Hall–Kier alpha value is -1.67. The number of halogens is 1. The molecule has 2 rings (SSSR count). The molecule has 0 saturated heterocycles. The van der Waals surface area contributed by atoms with E-state index in [1.165, 1.54) is 0 Å². The summed E-state index contributed by atoms with van der Waals surface area (Å²) in [5, 5.41) is 21.0. The van der Waals surface area contributed by atoms with Gasteiger partial charge in [-0.15, -0.1) is 0 Å². The van der Waals surface area contributed by atoms with Crippen LogP contribution in [-0.4, -0.2) is 10.2 Å². The van der Waals surface area contributed by atoms with Crippen molar-refractivity contribution >= 4 is 11.6 Å². The molecule has 0 saturated carbocycles. The molecule has 124 valence electrons. The highest BCUT2D eigenvalue weighted by atomic mass is 35.5. The summed E-state index contributed by atoms with van der Waals surface area (Å²) in [6, 6.07) is 9.19. The molecule has 0 amide bonds. The maximum atomic E-state index is 10.4. The Kier molecular flexibility index (Phi) is 4.42. The van der Waals surface area contributed by atoms with Gasteiger partial charge >= 0.3 is 0 Å². The molecule has 0 atom stereocenters. The van der Waals surface area contributed by atoms with Crippen molar-refractivity contribution in [1.29, 1.82) is 0 Å². The topological polar surface area (TPSA) is 40.5 Å². The fraction of sp³-hybridized carbons (Fsp3) is 0.400. The van der Waals surface area contributed by atoms with Crippen LogP contribution in [0, 0.1) is 0 Å². The van der Waals surface area contributed by atoms with Crippen LogP contribution in [-0.2, 0) is 10.8 Å². The molecule has 3 heteroatoms. The first kappa shape index (κ1) is 17.7. The lowest BCUT2D eigenvalue weighted by Gasteiger charge is -2.23. The first-order chi connectivity index (χ1) is 10.4. The lowest BCUT2D eigenvalue weighted by Crippen LogP contribution is -2.12. The SMILES string of the molecule is CC(C)(C)c1ccc(O)c(-c2cc(C(C)(C)C)cc(Cl)c2O)c1. The van der Waals surface area contributed by atoms with Crippen LogP contribution >= 0.6 is 11.6 Å². The van der Waals surface area contributed by atoms with Gasteiger partial charge in [-0.05, 0) is 46.2 Å². The largest absolute Gasteiger partial charge is 0.507 e.